The van der Waals surface area contributed by atoms with Gasteiger partial charge in [0.15, 0.2) is 11.6 Å². The van der Waals surface area contributed by atoms with Gasteiger partial charge in [-0.25, -0.2) is 0 Å². The molecule has 12 heavy (non-hydrogen) atoms. The Balaban J connectivity index is 2.78. The quantitative estimate of drug-likeness (QED) is 0.439. The Morgan fingerprint density at radius 1 is 1.50 bits per heavy atom. The van der Waals surface area contributed by atoms with E-state index in [1.807, 2.05) is 20.8 Å². The molecule has 2 nitrogen and oxygen atoms in total. The lowest BCUT2D eigenvalue weighted by Gasteiger charge is -2.19. The van der Waals surface area contributed by atoms with Gasteiger partial charge in [0.25, 0.3) is 0 Å². The third-order valence-corrected chi connectivity index (χ3v) is 2.02. The first kappa shape index (κ1) is 9.17. The molecular formula is C10H14O2. The number of carbonyl (C=O) groups is 2. The van der Waals surface area contributed by atoms with Gasteiger partial charge in [0, 0.05) is 11.8 Å². The molecule has 0 aromatic heterocycles. The minimum absolute atomic E-state index is 0.0289. The molecule has 0 spiro atoms. The molecule has 0 saturated heterocycles. The molecule has 0 fully saturated rings. The largest absolute Gasteiger partial charge is 0.298 e. The fourth-order valence-corrected chi connectivity index (χ4v) is 1.25. The van der Waals surface area contributed by atoms with Crippen LogP contribution in [0.3, 0.4) is 0 Å². The van der Waals surface area contributed by atoms with Crippen molar-refractivity contribution in [3.8, 4) is 0 Å². The molecule has 66 valence electrons. The number of rotatable bonds is 1. The molecule has 1 aliphatic carbocycles. The normalized spacial score (nSPS) is 23.2. The Morgan fingerprint density at radius 3 is 2.42 bits per heavy atom. The van der Waals surface area contributed by atoms with Gasteiger partial charge in [0.05, 0.1) is 5.92 Å². The highest BCUT2D eigenvalue weighted by atomic mass is 16.2. The van der Waals surface area contributed by atoms with E-state index in [2.05, 4.69) is 0 Å². The van der Waals surface area contributed by atoms with Gasteiger partial charge in [-0.15, -0.1) is 0 Å². The van der Waals surface area contributed by atoms with E-state index in [4.69, 9.17) is 0 Å². The van der Waals surface area contributed by atoms with E-state index < -0.39 is 11.3 Å². The average Bonchev–Trinajstić information content (AvgIpc) is 2.31. The second-order valence-corrected chi connectivity index (χ2v) is 4.19. The summed E-state index contributed by atoms with van der Waals surface area (Å²) in [5.41, 5.74) is -0.408. The van der Waals surface area contributed by atoms with Crippen LogP contribution in [0.25, 0.3) is 0 Å². The lowest BCUT2D eigenvalue weighted by Crippen LogP contribution is -2.30. The molecule has 0 saturated carbocycles. The molecule has 0 aromatic carbocycles. The van der Waals surface area contributed by atoms with Gasteiger partial charge in [-0.05, 0) is 0 Å². The van der Waals surface area contributed by atoms with Gasteiger partial charge < -0.3 is 0 Å². The van der Waals surface area contributed by atoms with Crippen LogP contribution in [0.2, 0.25) is 0 Å². The number of allylic oxidation sites excluding steroid dienone is 2. The van der Waals surface area contributed by atoms with E-state index in [9.17, 15) is 9.59 Å². The maximum Gasteiger partial charge on any atom is 0.152 e. The van der Waals surface area contributed by atoms with Crippen molar-refractivity contribution in [2.45, 2.75) is 27.2 Å². The monoisotopic (exact) mass is 166 g/mol. The summed E-state index contributed by atoms with van der Waals surface area (Å²) in [6, 6.07) is 0. The Kier molecular flexibility index (Phi) is 2.18. The number of hydrogen-bond donors (Lipinski definition) is 0. The molecule has 0 aliphatic heterocycles. The summed E-state index contributed by atoms with van der Waals surface area (Å²) in [6.45, 7) is 5.53. The number of hydrogen-bond acceptors (Lipinski definition) is 2. The zero-order valence-corrected chi connectivity index (χ0v) is 7.76. The third kappa shape index (κ3) is 1.63. The van der Waals surface area contributed by atoms with E-state index in [0.29, 0.717) is 6.42 Å². The third-order valence-electron chi connectivity index (χ3n) is 2.02. The van der Waals surface area contributed by atoms with Gasteiger partial charge in [-0.1, -0.05) is 32.9 Å². The van der Waals surface area contributed by atoms with Gasteiger partial charge >= 0.3 is 0 Å². The van der Waals surface area contributed by atoms with Crippen LogP contribution in [-0.4, -0.2) is 11.6 Å². The molecule has 0 amide bonds. The summed E-state index contributed by atoms with van der Waals surface area (Å²) >= 11 is 0. The molecule has 1 unspecified atom stereocenters. The lowest BCUT2D eigenvalue weighted by atomic mass is 9.82. The summed E-state index contributed by atoms with van der Waals surface area (Å²) in [6.07, 6.45) is 3.92. The number of ketones is 2. The van der Waals surface area contributed by atoms with Crippen molar-refractivity contribution >= 4 is 11.6 Å². The highest BCUT2D eigenvalue weighted by Gasteiger charge is 2.33. The predicted molar refractivity (Wildman–Crippen MR) is 46.7 cm³/mol. The summed E-state index contributed by atoms with van der Waals surface area (Å²) in [7, 11) is 0. The smallest absolute Gasteiger partial charge is 0.152 e. The molecule has 1 aliphatic rings. The van der Waals surface area contributed by atoms with Crippen LogP contribution in [0.15, 0.2) is 12.2 Å². The van der Waals surface area contributed by atoms with Crippen LogP contribution in [-0.2, 0) is 9.59 Å². The van der Waals surface area contributed by atoms with Gasteiger partial charge in [0.2, 0.25) is 0 Å². The maximum atomic E-state index is 11.6. The average molecular weight is 166 g/mol. The van der Waals surface area contributed by atoms with Crippen LogP contribution >= 0.6 is 0 Å². The molecule has 0 N–H and O–H groups in total. The van der Waals surface area contributed by atoms with Crippen LogP contribution < -0.4 is 0 Å². The SMILES string of the molecule is CC(C)(C)C(=O)C1C=CCC1=O. The van der Waals surface area contributed by atoms with Gasteiger partial charge in [-0.2, -0.15) is 0 Å². The van der Waals surface area contributed by atoms with Crippen molar-refractivity contribution in [3.63, 3.8) is 0 Å². The lowest BCUT2D eigenvalue weighted by molar-refractivity contribution is -0.134. The van der Waals surface area contributed by atoms with Crippen LogP contribution in [0.1, 0.15) is 27.2 Å². The van der Waals surface area contributed by atoms with Crippen molar-refractivity contribution in [1.82, 2.24) is 0 Å². The van der Waals surface area contributed by atoms with Crippen LogP contribution in [0, 0.1) is 11.3 Å². The minimum atomic E-state index is -0.468. The van der Waals surface area contributed by atoms with E-state index in [0.717, 1.165) is 0 Å². The Morgan fingerprint density at radius 2 is 2.08 bits per heavy atom. The van der Waals surface area contributed by atoms with Crippen molar-refractivity contribution in [2.24, 2.45) is 11.3 Å². The Hall–Kier alpha value is -0.920. The zero-order chi connectivity index (χ0) is 9.35. The van der Waals surface area contributed by atoms with Crippen LogP contribution in [0.5, 0.6) is 0 Å². The van der Waals surface area contributed by atoms with Crippen molar-refractivity contribution < 1.29 is 9.59 Å². The van der Waals surface area contributed by atoms with E-state index in [1.165, 1.54) is 0 Å². The van der Waals surface area contributed by atoms with E-state index >= 15 is 0 Å². The second-order valence-electron chi connectivity index (χ2n) is 4.19. The van der Waals surface area contributed by atoms with Crippen molar-refractivity contribution in [2.75, 3.05) is 0 Å². The first-order valence-corrected chi connectivity index (χ1v) is 4.16. The first-order chi connectivity index (χ1) is 5.43. The molecule has 0 bridgehead atoms. The second kappa shape index (κ2) is 2.85. The Bertz CT molecular complexity index is 243. The fraction of sp³-hybridized carbons (Fsp3) is 0.600. The molecule has 0 heterocycles. The summed E-state index contributed by atoms with van der Waals surface area (Å²) < 4.78 is 0. The molecule has 1 atom stereocenters. The first-order valence-electron chi connectivity index (χ1n) is 4.16. The zero-order valence-electron chi connectivity index (χ0n) is 7.76. The fourth-order valence-electron chi connectivity index (χ4n) is 1.25. The van der Waals surface area contributed by atoms with Gasteiger partial charge in [-0.3, -0.25) is 9.59 Å². The predicted octanol–water partition coefficient (Wildman–Crippen LogP) is 1.75. The summed E-state index contributed by atoms with van der Waals surface area (Å²) in [5.74, 6) is -0.402. The molecule has 0 radical (unpaired) electrons. The highest BCUT2D eigenvalue weighted by Crippen LogP contribution is 2.25. The topological polar surface area (TPSA) is 34.1 Å². The molecule has 0 aromatic rings. The molecular weight excluding hydrogens is 152 g/mol. The highest BCUT2D eigenvalue weighted by molar-refractivity contribution is 6.08. The van der Waals surface area contributed by atoms with E-state index in [1.54, 1.807) is 12.2 Å². The minimum Gasteiger partial charge on any atom is -0.298 e. The van der Waals surface area contributed by atoms with Crippen molar-refractivity contribution in [3.05, 3.63) is 12.2 Å². The van der Waals surface area contributed by atoms with Crippen molar-refractivity contribution in [1.29, 1.82) is 0 Å². The summed E-state index contributed by atoms with van der Waals surface area (Å²) in [5, 5.41) is 0. The van der Waals surface area contributed by atoms with E-state index in [-0.39, 0.29) is 11.6 Å². The molecule has 1 rings (SSSR count). The number of carbonyl (C=O) groups excluding carboxylic acids is 2. The maximum absolute atomic E-state index is 11.6. The Labute approximate surface area is 72.7 Å². The summed E-state index contributed by atoms with van der Waals surface area (Å²) in [4.78, 5) is 22.8. The molecule has 2 heteroatoms. The van der Waals surface area contributed by atoms with Gasteiger partial charge in [0.1, 0.15) is 0 Å². The van der Waals surface area contributed by atoms with Crippen LogP contribution in [0.4, 0.5) is 0 Å². The standard InChI is InChI=1S/C10H14O2/c1-10(2,3)9(12)7-5-4-6-8(7)11/h4-5,7H,6H2,1-3H3. The number of Topliss-reactive ketones (excluding diaryl/α,β-unsaturated/α-hetero) is 2.